The van der Waals surface area contributed by atoms with Crippen LogP contribution in [0.4, 0.5) is 0 Å². The Morgan fingerprint density at radius 2 is 1.77 bits per heavy atom. The maximum atomic E-state index is 14.2. The molecule has 2 fully saturated rings. The number of carbonyl (C=O) groups is 2. The Bertz CT molecular complexity index is 2080. The van der Waals surface area contributed by atoms with E-state index in [0.717, 1.165) is 52.8 Å². The fourth-order valence-electron chi connectivity index (χ4n) is 8.91. The van der Waals surface area contributed by atoms with Crippen LogP contribution in [0.3, 0.4) is 0 Å². The molecule has 9 rings (SSSR count). The van der Waals surface area contributed by atoms with E-state index in [9.17, 15) is 14.4 Å². The molecule has 2 aromatic carbocycles. The van der Waals surface area contributed by atoms with E-state index in [1.54, 1.807) is 11.7 Å². The van der Waals surface area contributed by atoms with Gasteiger partial charge in [-0.15, -0.1) is 0 Å². The molecule has 0 bridgehead atoms. The highest BCUT2D eigenvalue weighted by molar-refractivity contribution is 6.02. The van der Waals surface area contributed by atoms with E-state index in [2.05, 4.69) is 4.90 Å². The van der Waals surface area contributed by atoms with Gasteiger partial charge in [-0.1, -0.05) is 25.5 Å². The van der Waals surface area contributed by atoms with Crippen molar-refractivity contribution in [3.63, 3.8) is 0 Å². The van der Waals surface area contributed by atoms with Crippen LogP contribution in [-0.2, 0) is 32.9 Å². The van der Waals surface area contributed by atoms with E-state index in [4.69, 9.17) is 23.9 Å². The van der Waals surface area contributed by atoms with E-state index < -0.39 is 11.6 Å². The van der Waals surface area contributed by atoms with Crippen molar-refractivity contribution >= 4 is 22.7 Å². The monoisotopic (exact) mass is 647 g/mol. The zero-order chi connectivity index (χ0) is 32.7. The lowest BCUT2D eigenvalue weighted by atomic mass is 9.91. The lowest BCUT2D eigenvalue weighted by Gasteiger charge is -2.28. The van der Waals surface area contributed by atoms with Gasteiger partial charge in [0.15, 0.2) is 22.9 Å². The highest BCUT2D eigenvalue weighted by Gasteiger charge is 2.51. The largest absolute Gasteiger partial charge is 0.497 e. The summed E-state index contributed by atoms with van der Waals surface area (Å²) in [5, 5.41) is 0.880. The SMILES string of the molecule is CCC1(OC(=O)CCN2CC3CCCC3C2)C(=O)Cc2c1cc1n(c2=O)Cc2c-1nc1cc3c(cc1c2-c1ccc(OC)cc1)OCO3. The van der Waals surface area contributed by atoms with E-state index in [0.29, 0.717) is 52.6 Å². The van der Waals surface area contributed by atoms with Crippen molar-refractivity contribution in [3.8, 4) is 39.8 Å². The molecule has 4 aromatic rings. The van der Waals surface area contributed by atoms with Gasteiger partial charge in [0.2, 0.25) is 6.79 Å². The first-order chi connectivity index (χ1) is 23.4. The maximum Gasteiger partial charge on any atom is 0.308 e. The molecule has 1 saturated heterocycles. The van der Waals surface area contributed by atoms with Gasteiger partial charge in [-0.3, -0.25) is 14.4 Å². The number of aromatic nitrogens is 2. The number of hydrogen-bond acceptors (Lipinski definition) is 9. The number of nitrogens with zero attached hydrogens (tertiary/aromatic N) is 3. The van der Waals surface area contributed by atoms with Gasteiger partial charge in [0, 0.05) is 54.2 Å². The Balaban J connectivity index is 1.11. The van der Waals surface area contributed by atoms with Crippen molar-refractivity contribution in [1.82, 2.24) is 14.5 Å². The van der Waals surface area contributed by atoms with Crippen molar-refractivity contribution in [3.05, 3.63) is 69.5 Å². The van der Waals surface area contributed by atoms with Gasteiger partial charge < -0.3 is 28.4 Å². The normalized spacial score (nSPS) is 23.3. The summed E-state index contributed by atoms with van der Waals surface area (Å²) < 4.78 is 24.7. The minimum absolute atomic E-state index is 0.0659. The zero-order valence-corrected chi connectivity index (χ0v) is 27.2. The fourth-order valence-corrected chi connectivity index (χ4v) is 8.91. The molecular weight excluding hydrogens is 610 g/mol. The number of esters is 1. The third-order valence-electron chi connectivity index (χ3n) is 11.4. The predicted octanol–water partition coefficient (Wildman–Crippen LogP) is 5.23. The number of ether oxygens (including phenoxy) is 4. The molecule has 0 amide bonds. The molecule has 3 aliphatic heterocycles. The van der Waals surface area contributed by atoms with E-state index in [1.165, 1.54) is 19.3 Å². The molecule has 0 spiro atoms. The molecule has 1 saturated carbocycles. The van der Waals surface area contributed by atoms with E-state index in [1.807, 2.05) is 49.4 Å². The van der Waals surface area contributed by atoms with Crippen molar-refractivity contribution in [2.24, 2.45) is 11.8 Å². The van der Waals surface area contributed by atoms with Gasteiger partial charge in [0.25, 0.3) is 5.56 Å². The Labute approximate surface area is 277 Å². The summed E-state index contributed by atoms with van der Waals surface area (Å²) in [5.41, 5.74) is 3.88. The summed E-state index contributed by atoms with van der Waals surface area (Å²) in [6.45, 7) is 4.96. The highest BCUT2D eigenvalue weighted by Crippen LogP contribution is 2.47. The molecule has 246 valence electrons. The number of carbonyl (C=O) groups excluding carboxylic acids is 2. The van der Waals surface area contributed by atoms with Crippen molar-refractivity contribution in [2.45, 2.75) is 57.6 Å². The summed E-state index contributed by atoms with van der Waals surface area (Å²) >= 11 is 0. The maximum absolute atomic E-state index is 14.2. The topological polar surface area (TPSA) is 109 Å². The van der Waals surface area contributed by atoms with Crippen LogP contribution in [0.1, 0.15) is 55.7 Å². The molecule has 0 N–H and O–H groups in total. The third kappa shape index (κ3) is 4.34. The second-order valence-electron chi connectivity index (χ2n) is 13.8. The predicted molar refractivity (Wildman–Crippen MR) is 177 cm³/mol. The van der Waals surface area contributed by atoms with Gasteiger partial charge in [0.05, 0.1) is 37.0 Å². The molecule has 10 heteroatoms. The molecule has 48 heavy (non-hydrogen) atoms. The molecule has 10 nitrogen and oxygen atoms in total. The van der Waals surface area contributed by atoms with E-state index >= 15 is 0 Å². The van der Waals surface area contributed by atoms with Crippen LogP contribution in [0.5, 0.6) is 17.2 Å². The first kappa shape index (κ1) is 29.4. The lowest BCUT2D eigenvalue weighted by Crippen LogP contribution is -2.38. The first-order valence-corrected chi connectivity index (χ1v) is 17.0. The Kier molecular flexibility index (Phi) is 6.70. The molecule has 2 aromatic heterocycles. The second kappa shape index (κ2) is 10.9. The number of likely N-dealkylation sites (tertiary alicyclic amines) is 1. The van der Waals surface area contributed by atoms with Crippen LogP contribution in [0.25, 0.3) is 33.4 Å². The Morgan fingerprint density at radius 1 is 1.02 bits per heavy atom. The van der Waals surface area contributed by atoms with Crippen LogP contribution in [0.2, 0.25) is 0 Å². The number of benzene rings is 2. The zero-order valence-electron chi connectivity index (χ0n) is 27.2. The Hall–Kier alpha value is -4.70. The quantitative estimate of drug-likeness (QED) is 0.220. The standard InChI is InChI=1S/C38H37N3O7/c1-3-38(48-34(43)11-12-40-17-22-5-4-6-23(22)18-40)28-15-30-36-27(19-41(30)37(44)25(28)14-33(38)42)35(21-7-9-24(45-2)10-8-21)26-13-31-32(47-20-46-31)16-29(26)39-36/h7-10,13,15-16,22-23H,3-6,11-12,14,17-20H2,1-2H3. The molecule has 3 atom stereocenters. The summed E-state index contributed by atoms with van der Waals surface area (Å²) in [6.07, 6.45) is 4.25. The van der Waals surface area contributed by atoms with Crippen molar-refractivity contribution in [2.75, 3.05) is 33.5 Å². The van der Waals surface area contributed by atoms with Gasteiger partial charge in [0.1, 0.15) is 5.75 Å². The molecule has 0 radical (unpaired) electrons. The van der Waals surface area contributed by atoms with Crippen LogP contribution in [0, 0.1) is 11.8 Å². The van der Waals surface area contributed by atoms with Crippen LogP contribution in [-0.4, -0.2) is 59.7 Å². The summed E-state index contributed by atoms with van der Waals surface area (Å²) in [4.78, 5) is 48.8. The number of rotatable bonds is 7. The van der Waals surface area contributed by atoms with Crippen LogP contribution >= 0.6 is 0 Å². The highest BCUT2D eigenvalue weighted by atomic mass is 16.7. The van der Waals surface area contributed by atoms with Crippen molar-refractivity contribution in [1.29, 1.82) is 0 Å². The van der Waals surface area contributed by atoms with Gasteiger partial charge in [-0.25, -0.2) is 4.98 Å². The number of ketones is 1. The van der Waals surface area contributed by atoms with Gasteiger partial charge in [-0.05, 0) is 66.5 Å². The molecule has 5 heterocycles. The fraction of sp³-hybridized carbons (Fsp3) is 0.421. The van der Waals surface area contributed by atoms with Gasteiger partial charge in [-0.2, -0.15) is 0 Å². The smallest absolute Gasteiger partial charge is 0.308 e. The number of methoxy groups -OCH3 is 1. The summed E-state index contributed by atoms with van der Waals surface area (Å²) in [6, 6.07) is 13.5. The average molecular weight is 648 g/mol. The summed E-state index contributed by atoms with van der Waals surface area (Å²) in [7, 11) is 1.63. The molecular formula is C38H37N3O7. The number of pyridine rings is 2. The minimum atomic E-state index is -1.49. The molecule has 2 aliphatic carbocycles. The van der Waals surface area contributed by atoms with Crippen molar-refractivity contribution < 1.29 is 28.5 Å². The average Bonchev–Trinajstić information content (AvgIpc) is 3.92. The van der Waals surface area contributed by atoms with E-state index in [-0.39, 0.29) is 37.4 Å². The minimum Gasteiger partial charge on any atom is -0.497 e. The van der Waals surface area contributed by atoms with Crippen LogP contribution in [0.15, 0.2) is 47.3 Å². The third-order valence-corrected chi connectivity index (χ3v) is 11.4. The number of Topliss-reactive ketones (excluding diaryl/α,β-unsaturated/α-hetero) is 1. The first-order valence-electron chi connectivity index (χ1n) is 17.0. The Morgan fingerprint density at radius 3 is 2.50 bits per heavy atom. The number of fused-ring (bicyclic) bond motifs is 7. The van der Waals surface area contributed by atoms with Gasteiger partial charge >= 0.3 is 5.97 Å². The second-order valence-corrected chi connectivity index (χ2v) is 13.8. The molecule has 5 aliphatic rings. The summed E-state index contributed by atoms with van der Waals surface area (Å²) in [5.74, 6) is 2.82. The lowest BCUT2D eigenvalue weighted by molar-refractivity contribution is -0.168. The van der Waals surface area contributed by atoms with Crippen LogP contribution < -0.4 is 19.8 Å². The number of hydrogen-bond donors (Lipinski definition) is 0. The molecule has 3 unspecified atom stereocenters.